The zero-order chi connectivity index (χ0) is 11.4. The van der Waals surface area contributed by atoms with Crippen LogP contribution in [0.15, 0.2) is 0 Å². The molecule has 0 bridgehead atoms. The van der Waals surface area contributed by atoms with Crippen molar-refractivity contribution >= 4 is 12.1 Å². The van der Waals surface area contributed by atoms with Gasteiger partial charge in [0.15, 0.2) is 0 Å². The first kappa shape index (κ1) is 15.2. The van der Waals surface area contributed by atoms with Gasteiger partial charge in [-0.15, -0.1) is 0 Å². The minimum atomic E-state index is -0.623. The standard InChI is InChI=1S/C5H10O2.C4H8O3/c1-3-5(6)7-4-2;1-3-7-4(5)6-2/h3-4H2,1-2H3;3H2,1-2H3. The monoisotopic (exact) mass is 206 g/mol. The second kappa shape index (κ2) is 11.7. The van der Waals surface area contributed by atoms with Gasteiger partial charge in [-0.1, -0.05) is 6.92 Å². The molecule has 0 spiro atoms. The summed E-state index contributed by atoms with van der Waals surface area (Å²) in [4.78, 5) is 20.2. The van der Waals surface area contributed by atoms with E-state index in [-0.39, 0.29) is 5.97 Å². The Balaban J connectivity index is 0. The Morgan fingerprint density at radius 2 is 1.50 bits per heavy atom. The van der Waals surface area contributed by atoms with Gasteiger partial charge in [0.25, 0.3) is 0 Å². The summed E-state index contributed by atoms with van der Waals surface area (Å²) in [5.41, 5.74) is 0. The third kappa shape index (κ3) is 13.3. The molecule has 0 fully saturated rings. The van der Waals surface area contributed by atoms with Gasteiger partial charge in [-0.3, -0.25) is 4.79 Å². The highest BCUT2D eigenvalue weighted by molar-refractivity contribution is 5.68. The quantitative estimate of drug-likeness (QED) is 0.658. The highest BCUT2D eigenvalue weighted by Crippen LogP contribution is 1.80. The van der Waals surface area contributed by atoms with Crippen LogP contribution in [0.5, 0.6) is 0 Å². The summed E-state index contributed by atoms with van der Waals surface area (Å²) >= 11 is 0. The zero-order valence-corrected chi connectivity index (χ0v) is 9.16. The van der Waals surface area contributed by atoms with Crippen molar-refractivity contribution in [2.45, 2.75) is 27.2 Å². The van der Waals surface area contributed by atoms with Crippen LogP contribution in [0.1, 0.15) is 27.2 Å². The van der Waals surface area contributed by atoms with E-state index in [9.17, 15) is 9.59 Å². The van der Waals surface area contributed by atoms with Crippen molar-refractivity contribution in [3.05, 3.63) is 0 Å². The van der Waals surface area contributed by atoms with Crippen LogP contribution in [0.3, 0.4) is 0 Å². The van der Waals surface area contributed by atoms with Gasteiger partial charge >= 0.3 is 12.1 Å². The lowest BCUT2D eigenvalue weighted by molar-refractivity contribution is -0.142. The maximum atomic E-state index is 10.2. The van der Waals surface area contributed by atoms with Gasteiger partial charge in [0.2, 0.25) is 0 Å². The van der Waals surface area contributed by atoms with E-state index in [0.29, 0.717) is 19.6 Å². The first-order chi connectivity index (χ1) is 6.62. The number of hydrogen-bond donors (Lipinski definition) is 0. The molecule has 0 aromatic carbocycles. The van der Waals surface area contributed by atoms with Crippen LogP contribution >= 0.6 is 0 Å². The molecule has 0 aliphatic rings. The Morgan fingerprint density at radius 1 is 1.00 bits per heavy atom. The number of carbonyl (C=O) groups excluding carboxylic acids is 2. The molecule has 0 aromatic heterocycles. The van der Waals surface area contributed by atoms with Gasteiger partial charge in [-0.05, 0) is 13.8 Å². The lowest BCUT2D eigenvalue weighted by Crippen LogP contribution is -2.02. The third-order valence-electron chi connectivity index (χ3n) is 1.02. The molecule has 0 radical (unpaired) electrons. The second-order valence-electron chi connectivity index (χ2n) is 2.05. The van der Waals surface area contributed by atoms with Crippen LogP contribution in [0.2, 0.25) is 0 Å². The lowest BCUT2D eigenvalue weighted by Gasteiger charge is -1.94. The molecule has 14 heavy (non-hydrogen) atoms. The molecule has 5 heteroatoms. The van der Waals surface area contributed by atoms with E-state index in [1.165, 1.54) is 7.11 Å². The SMILES string of the molecule is CCOC(=O)CC.CCOC(=O)OC. The molecule has 0 heterocycles. The molecular formula is C9H18O5. The molecule has 0 aliphatic carbocycles. The van der Waals surface area contributed by atoms with Crippen molar-refractivity contribution in [3.63, 3.8) is 0 Å². The van der Waals surface area contributed by atoms with Crippen molar-refractivity contribution in [2.75, 3.05) is 20.3 Å². The summed E-state index contributed by atoms with van der Waals surface area (Å²) in [6.45, 7) is 6.15. The number of esters is 1. The van der Waals surface area contributed by atoms with Crippen molar-refractivity contribution < 1.29 is 23.8 Å². The van der Waals surface area contributed by atoms with Gasteiger partial charge in [-0.25, -0.2) is 4.79 Å². The fraction of sp³-hybridized carbons (Fsp3) is 0.778. The van der Waals surface area contributed by atoms with Crippen LogP contribution in [-0.4, -0.2) is 32.4 Å². The maximum Gasteiger partial charge on any atom is 0.507 e. The Hall–Kier alpha value is -1.26. The van der Waals surface area contributed by atoms with Crippen LogP contribution in [0.25, 0.3) is 0 Å². The summed E-state index contributed by atoms with van der Waals surface area (Å²) in [6, 6.07) is 0. The summed E-state index contributed by atoms with van der Waals surface area (Å²) in [5, 5.41) is 0. The van der Waals surface area contributed by atoms with Crippen molar-refractivity contribution in [1.29, 1.82) is 0 Å². The first-order valence-corrected chi connectivity index (χ1v) is 4.48. The van der Waals surface area contributed by atoms with E-state index < -0.39 is 6.16 Å². The van der Waals surface area contributed by atoms with E-state index >= 15 is 0 Å². The Bertz CT molecular complexity index is 137. The fourth-order valence-corrected chi connectivity index (χ4v) is 0.440. The Morgan fingerprint density at radius 3 is 1.64 bits per heavy atom. The predicted octanol–water partition coefficient (Wildman–Crippen LogP) is 1.75. The lowest BCUT2D eigenvalue weighted by atomic mass is 10.5. The molecule has 0 N–H and O–H groups in total. The van der Waals surface area contributed by atoms with Gasteiger partial charge in [0.05, 0.1) is 20.3 Å². The average Bonchev–Trinajstić information content (AvgIpc) is 2.19. The average molecular weight is 206 g/mol. The van der Waals surface area contributed by atoms with Crippen LogP contribution in [0.4, 0.5) is 4.79 Å². The topological polar surface area (TPSA) is 61.8 Å². The molecule has 0 aromatic rings. The molecule has 84 valence electrons. The van der Waals surface area contributed by atoms with Crippen LogP contribution in [-0.2, 0) is 19.0 Å². The molecule has 0 amide bonds. The minimum Gasteiger partial charge on any atom is -0.466 e. The van der Waals surface area contributed by atoms with Crippen molar-refractivity contribution in [1.82, 2.24) is 0 Å². The fourth-order valence-electron chi connectivity index (χ4n) is 0.440. The molecule has 0 unspecified atom stereocenters. The summed E-state index contributed by atoms with van der Waals surface area (Å²) in [7, 11) is 1.28. The molecular weight excluding hydrogens is 188 g/mol. The molecule has 5 nitrogen and oxygen atoms in total. The smallest absolute Gasteiger partial charge is 0.466 e. The molecule has 0 aliphatic heterocycles. The van der Waals surface area contributed by atoms with Crippen LogP contribution < -0.4 is 0 Å². The van der Waals surface area contributed by atoms with E-state index in [0.717, 1.165) is 0 Å². The minimum absolute atomic E-state index is 0.123. The van der Waals surface area contributed by atoms with E-state index in [1.807, 2.05) is 0 Å². The van der Waals surface area contributed by atoms with E-state index in [1.54, 1.807) is 20.8 Å². The van der Waals surface area contributed by atoms with Gasteiger partial charge in [0, 0.05) is 6.42 Å². The third-order valence-corrected chi connectivity index (χ3v) is 1.02. The van der Waals surface area contributed by atoms with Gasteiger partial charge < -0.3 is 14.2 Å². The maximum absolute atomic E-state index is 10.2. The second-order valence-corrected chi connectivity index (χ2v) is 2.05. The molecule has 0 saturated carbocycles. The van der Waals surface area contributed by atoms with E-state index in [4.69, 9.17) is 0 Å². The number of hydrogen-bond acceptors (Lipinski definition) is 5. The zero-order valence-electron chi connectivity index (χ0n) is 9.16. The van der Waals surface area contributed by atoms with Crippen LogP contribution in [0, 0.1) is 0 Å². The van der Waals surface area contributed by atoms with Gasteiger partial charge in [0.1, 0.15) is 0 Å². The number of rotatable bonds is 3. The summed E-state index contributed by atoms with van der Waals surface area (Å²) in [5.74, 6) is -0.123. The highest BCUT2D eigenvalue weighted by atomic mass is 16.7. The van der Waals surface area contributed by atoms with Crippen molar-refractivity contribution in [3.8, 4) is 0 Å². The Kier molecular flexibility index (Phi) is 12.8. The normalized spacial score (nSPS) is 8.00. The summed E-state index contributed by atoms with van der Waals surface area (Å²) in [6.07, 6.45) is -0.143. The van der Waals surface area contributed by atoms with E-state index in [2.05, 4.69) is 14.2 Å². The predicted molar refractivity (Wildman–Crippen MR) is 51.0 cm³/mol. The largest absolute Gasteiger partial charge is 0.507 e. The first-order valence-electron chi connectivity index (χ1n) is 4.48. The van der Waals surface area contributed by atoms with Gasteiger partial charge in [-0.2, -0.15) is 0 Å². The molecule has 0 rings (SSSR count). The Labute approximate surface area is 84.3 Å². The molecule has 0 atom stereocenters. The van der Waals surface area contributed by atoms with Crippen molar-refractivity contribution in [2.24, 2.45) is 0 Å². The number of ether oxygens (including phenoxy) is 3. The molecule has 0 saturated heterocycles. The summed E-state index contributed by atoms with van der Waals surface area (Å²) < 4.78 is 13.0. The number of carbonyl (C=O) groups is 2. The highest BCUT2D eigenvalue weighted by Gasteiger charge is 1.93. The number of methoxy groups -OCH3 is 1.